The van der Waals surface area contributed by atoms with E-state index in [0.29, 0.717) is 28.6 Å². The third-order valence-electron chi connectivity index (χ3n) is 5.67. The van der Waals surface area contributed by atoms with E-state index < -0.39 is 0 Å². The fourth-order valence-electron chi connectivity index (χ4n) is 3.87. The minimum absolute atomic E-state index is 0.105. The first-order valence-corrected chi connectivity index (χ1v) is 10.6. The lowest BCUT2D eigenvalue weighted by Crippen LogP contribution is -2.05. The highest BCUT2D eigenvalue weighted by molar-refractivity contribution is 6.31. The van der Waals surface area contributed by atoms with Crippen molar-refractivity contribution in [1.82, 2.24) is 24.1 Å². The quantitative estimate of drug-likeness (QED) is 0.442. The second kappa shape index (κ2) is 7.09. The molecule has 154 valence electrons. The van der Waals surface area contributed by atoms with Gasteiger partial charge in [0.25, 0.3) is 0 Å². The Balaban J connectivity index is 1.73. The molecule has 30 heavy (non-hydrogen) atoms. The number of rotatable bonds is 6. The molecular weight excluding hydrogens is 400 g/mol. The number of pyridine rings is 1. The molecule has 0 aromatic carbocycles. The Labute approximate surface area is 179 Å². The minimum Gasteiger partial charge on any atom is -0.373 e. The Bertz CT molecular complexity index is 1280. The predicted molar refractivity (Wildman–Crippen MR) is 118 cm³/mol. The zero-order valence-electron chi connectivity index (χ0n) is 17.2. The fourth-order valence-corrected chi connectivity index (χ4v) is 4.03. The van der Waals surface area contributed by atoms with Crippen LogP contribution in [0.5, 0.6) is 0 Å². The van der Waals surface area contributed by atoms with Crippen LogP contribution < -0.4 is 5.32 Å². The largest absolute Gasteiger partial charge is 0.373 e. The summed E-state index contributed by atoms with van der Waals surface area (Å²) in [4.78, 5) is 22.2. The minimum atomic E-state index is 0.105. The lowest BCUT2D eigenvalue weighted by atomic mass is 10.1. The first kappa shape index (κ1) is 19.1. The highest BCUT2D eigenvalue weighted by Gasteiger charge is 2.27. The van der Waals surface area contributed by atoms with E-state index >= 15 is 0 Å². The molecule has 8 heteroatoms. The number of carbonyl (C=O) groups excluding carboxylic acids is 1. The van der Waals surface area contributed by atoms with Crippen LogP contribution in [0.2, 0.25) is 5.02 Å². The number of hydrogen-bond donors (Lipinski definition) is 1. The van der Waals surface area contributed by atoms with Crippen molar-refractivity contribution in [2.75, 3.05) is 12.4 Å². The highest BCUT2D eigenvalue weighted by atomic mass is 35.5. The summed E-state index contributed by atoms with van der Waals surface area (Å²) in [5.41, 5.74) is 3.68. The van der Waals surface area contributed by atoms with Crippen LogP contribution in [-0.2, 0) is 0 Å². The van der Waals surface area contributed by atoms with Gasteiger partial charge < -0.3 is 9.88 Å². The zero-order chi connectivity index (χ0) is 21.0. The van der Waals surface area contributed by atoms with Gasteiger partial charge in [0.1, 0.15) is 11.5 Å². The fraction of sp³-hybridized carbons (Fsp3) is 0.364. The molecule has 1 aliphatic carbocycles. The van der Waals surface area contributed by atoms with Crippen LogP contribution in [0.15, 0.2) is 30.7 Å². The maximum atomic E-state index is 12.8. The number of aromatic nitrogens is 5. The molecule has 1 fully saturated rings. The van der Waals surface area contributed by atoms with E-state index in [4.69, 9.17) is 16.6 Å². The van der Waals surface area contributed by atoms with E-state index in [1.54, 1.807) is 16.9 Å². The van der Waals surface area contributed by atoms with Crippen molar-refractivity contribution in [3.05, 3.63) is 41.3 Å². The lowest BCUT2D eigenvalue weighted by molar-refractivity contribution is 0.0977. The molecule has 0 bridgehead atoms. The number of halogens is 1. The molecule has 1 aliphatic rings. The van der Waals surface area contributed by atoms with Gasteiger partial charge in [0.15, 0.2) is 11.4 Å². The van der Waals surface area contributed by atoms with E-state index in [-0.39, 0.29) is 11.8 Å². The summed E-state index contributed by atoms with van der Waals surface area (Å²) in [5, 5.41) is 9.10. The van der Waals surface area contributed by atoms with Gasteiger partial charge in [-0.3, -0.25) is 4.79 Å². The summed E-state index contributed by atoms with van der Waals surface area (Å²) >= 11 is 6.26. The van der Waals surface area contributed by atoms with Crippen molar-refractivity contribution in [3.8, 4) is 11.3 Å². The van der Waals surface area contributed by atoms with Gasteiger partial charge in [-0.25, -0.2) is 9.97 Å². The van der Waals surface area contributed by atoms with Gasteiger partial charge in [-0.2, -0.15) is 9.61 Å². The Hall–Kier alpha value is -2.93. The SMILES string of the molecule is CNc1cc(-c2cn(C(C)C)c3ncc(Cl)cc23)nc2c(C(=O)CC3CC3)cnn12. The van der Waals surface area contributed by atoms with Crippen molar-refractivity contribution in [2.45, 2.75) is 39.2 Å². The molecule has 0 aliphatic heterocycles. The van der Waals surface area contributed by atoms with Crippen molar-refractivity contribution in [3.63, 3.8) is 0 Å². The van der Waals surface area contributed by atoms with Gasteiger partial charge >= 0.3 is 0 Å². The highest BCUT2D eigenvalue weighted by Crippen LogP contribution is 2.36. The van der Waals surface area contributed by atoms with E-state index in [9.17, 15) is 4.79 Å². The van der Waals surface area contributed by atoms with Crippen molar-refractivity contribution >= 4 is 39.9 Å². The topological polar surface area (TPSA) is 77.1 Å². The number of fused-ring (bicyclic) bond motifs is 2. The van der Waals surface area contributed by atoms with Crippen LogP contribution in [0.4, 0.5) is 5.82 Å². The smallest absolute Gasteiger partial charge is 0.168 e. The first-order valence-electron chi connectivity index (χ1n) is 10.2. The van der Waals surface area contributed by atoms with Crippen molar-refractivity contribution < 1.29 is 4.79 Å². The second-order valence-electron chi connectivity index (χ2n) is 8.21. The number of Topliss-reactive ketones (excluding diaryl/α,β-unsaturated/α-hetero) is 1. The third kappa shape index (κ3) is 3.13. The molecular formula is C22H23ClN6O. The van der Waals surface area contributed by atoms with Gasteiger partial charge in [-0.15, -0.1) is 0 Å². The van der Waals surface area contributed by atoms with E-state index in [0.717, 1.165) is 41.0 Å². The van der Waals surface area contributed by atoms with Crippen LogP contribution in [0, 0.1) is 5.92 Å². The number of anilines is 1. The summed E-state index contributed by atoms with van der Waals surface area (Å²) in [6.07, 6.45) is 8.18. The summed E-state index contributed by atoms with van der Waals surface area (Å²) < 4.78 is 3.80. The maximum absolute atomic E-state index is 12.8. The van der Waals surface area contributed by atoms with Gasteiger partial charge in [0, 0.05) is 48.9 Å². The monoisotopic (exact) mass is 422 g/mol. The Morgan fingerprint density at radius 1 is 1.27 bits per heavy atom. The molecule has 1 N–H and O–H groups in total. The molecule has 0 saturated heterocycles. The summed E-state index contributed by atoms with van der Waals surface area (Å²) in [6, 6.07) is 4.08. The molecule has 0 unspecified atom stereocenters. The summed E-state index contributed by atoms with van der Waals surface area (Å²) in [6.45, 7) is 4.22. The van der Waals surface area contributed by atoms with Gasteiger partial charge in [-0.1, -0.05) is 11.6 Å². The predicted octanol–water partition coefficient (Wildman–Crippen LogP) is 5.00. The number of nitrogens with zero attached hydrogens (tertiary/aromatic N) is 5. The normalized spacial score (nSPS) is 14.2. The van der Waals surface area contributed by atoms with Crippen molar-refractivity contribution in [2.24, 2.45) is 5.92 Å². The molecule has 4 heterocycles. The molecule has 7 nitrogen and oxygen atoms in total. The molecule has 0 radical (unpaired) electrons. The van der Waals surface area contributed by atoms with Crippen LogP contribution in [0.3, 0.4) is 0 Å². The average molecular weight is 423 g/mol. The van der Waals surface area contributed by atoms with E-state index in [2.05, 4.69) is 40.0 Å². The molecule has 5 rings (SSSR count). The van der Waals surface area contributed by atoms with Crippen LogP contribution >= 0.6 is 11.6 Å². The Kier molecular flexibility index (Phi) is 4.50. The molecule has 0 amide bonds. The molecule has 0 atom stereocenters. The first-order chi connectivity index (χ1) is 14.5. The molecule has 4 aromatic heterocycles. The van der Waals surface area contributed by atoms with Crippen LogP contribution in [0.1, 0.15) is 49.5 Å². The lowest BCUT2D eigenvalue weighted by Gasteiger charge is -2.08. The van der Waals surface area contributed by atoms with Crippen LogP contribution in [-0.4, -0.2) is 37.0 Å². The van der Waals surface area contributed by atoms with Gasteiger partial charge in [0.05, 0.1) is 22.5 Å². The number of ketones is 1. The average Bonchev–Trinajstić information content (AvgIpc) is 3.29. The van der Waals surface area contributed by atoms with Crippen LogP contribution in [0.25, 0.3) is 27.9 Å². The van der Waals surface area contributed by atoms with Gasteiger partial charge in [0.2, 0.25) is 0 Å². The molecule has 4 aromatic rings. The number of hydrogen-bond acceptors (Lipinski definition) is 5. The Morgan fingerprint density at radius 3 is 2.77 bits per heavy atom. The Morgan fingerprint density at radius 2 is 2.07 bits per heavy atom. The maximum Gasteiger partial charge on any atom is 0.168 e. The standard InChI is InChI=1S/C22H23ClN6O/c1-12(2)28-11-17(15-7-14(23)9-25-21(15)28)18-8-20(24-3)29-22(27-18)16(10-26-29)19(30)6-13-4-5-13/h7-13,24H,4-6H2,1-3H3. The zero-order valence-corrected chi connectivity index (χ0v) is 17.9. The van der Waals surface area contributed by atoms with E-state index in [1.807, 2.05) is 19.2 Å². The van der Waals surface area contributed by atoms with Crippen molar-refractivity contribution in [1.29, 1.82) is 0 Å². The second-order valence-corrected chi connectivity index (χ2v) is 8.65. The van der Waals surface area contributed by atoms with Gasteiger partial charge in [-0.05, 0) is 38.7 Å². The third-order valence-corrected chi connectivity index (χ3v) is 5.87. The number of nitrogens with one attached hydrogen (secondary N) is 1. The summed E-state index contributed by atoms with van der Waals surface area (Å²) in [5.74, 6) is 1.38. The summed E-state index contributed by atoms with van der Waals surface area (Å²) in [7, 11) is 1.84. The number of carbonyl (C=O) groups is 1. The molecule has 0 spiro atoms. The molecule has 1 saturated carbocycles. The van der Waals surface area contributed by atoms with E-state index in [1.165, 1.54) is 0 Å².